The molecule has 0 atom stereocenters. The number of carbonyl (C=O) groups excluding carboxylic acids is 1. The molecule has 1 N–H and O–H groups in total. The second kappa shape index (κ2) is 7.76. The van der Waals surface area contributed by atoms with Crippen LogP contribution < -0.4 is 5.32 Å². The van der Waals surface area contributed by atoms with Gasteiger partial charge in [0, 0.05) is 23.8 Å². The smallest absolute Gasteiger partial charge is 0.269 e. The first kappa shape index (κ1) is 18.7. The molecular weight excluding hydrogens is 390 g/mol. The first-order valence-corrected chi connectivity index (χ1v) is 9.50. The molecular formula is C21H15N3O4S. The molecule has 1 amide bonds. The van der Waals surface area contributed by atoms with Gasteiger partial charge in [-0.05, 0) is 55.1 Å². The Labute approximate surface area is 170 Å². The van der Waals surface area contributed by atoms with Crippen molar-refractivity contribution in [3.8, 4) is 11.3 Å². The number of rotatable bonds is 4. The Balaban J connectivity index is 1.52. The largest absolute Gasteiger partial charge is 0.457 e. The number of nitro groups is 1. The molecule has 7 nitrogen and oxygen atoms in total. The van der Waals surface area contributed by atoms with Gasteiger partial charge in [0.2, 0.25) is 0 Å². The number of hydrogen-bond acceptors (Lipinski definition) is 6. The summed E-state index contributed by atoms with van der Waals surface area (Å²) in [6.07, 6.45) is 1.65. The highest BCUT2D eigenvalue weighted by atomic mass is 32.2. The summed E-state index contributed by atoms with van der Waals surface area (Å²) in [6, 6.07) is 17.3. The lowest BCUT2D eigenvalue weighted by atomic mass is 10.1. The zero-order valence-electron chi connectivity index (χ0n) is 15.3. The monoisotopic (exact) mass is 405 g/mol. The molecule has 0 radical (unpaired) electrons. The lowest BCUT2D eigenvalue weighted by molar-refractivity contribution is -0.384. The van der Waals surface area contributed by atoms with E-state index in [9.17, 15) is 14.9 Å². The van der Waals surface area contributed by atoms with E-state index in [-0.39, 0.29) is 11.6 Å². The molecule has 8 heteroatoms. The van der Waals surface area contributed by atoms with Crippen LogP contribution >= 0.6 is 11.8 Å². The van der Waals surface area contributed by atoms with E-state index in [1.54, 1.807) is 30.3 Å². The molecule has 1 fully saturated rings. The summed E-state index contributed by atoms with van der Waals surface area (Å²) in [5.41, 5.74) is 2.63. The average molecular weight is 405 g/mol. The van der Waals surface area contributed by atoms with Gasteiger partial charge < -0.3 is 9.73 Å². The third-order valence-electron chi connectivity index (χ3n) is 4.18. The number of nitrogens with zero attached hydrogens (tertiary/aromatic N) is 2. The van der Waals surface area contributed by atoms with Gasteiger partial charge in [-0.2, -0.15) is 0 Å². The Morgan fingerprint density at radius 3 is 2.48 bits per heavy atom. The highest BCUT2D eigenvalue weighted by Crippen LogP contribution is 2.30. The number of benzene rings is 2. The maximum atomic E-state index is 12.2. The molecule has 2 heterocycles. The van der Waals surface area contributed by atoms with Crippen LogP contribution in [0.1, 0.15) is 11.3 Å². The molecule has 0 bridgehead atoms. The van der Waals surface area contributed by atoms with E-state index in [0.717, 1.165) is 11.3 Å². The predicted molar refractivity (Wildman–Crippen MR) is 113 cm³/mol. The van der Waals surface area contributed by atoms with Crippen LogP contribution in [-0.2, 0) is 4.79 Å². The minimum Gasteiger partial charge on any atom is -0.457 e. The predicted octanol–water partition coefficient (Wildman–Crippen LogP) is 5.05. The Morgan fingerprint density at radius 2 is 1.79 bits per heavy atom. The van der Waals surface area contributed by atoms with E-state index in [2.05, 4.69) is 10.3 Å². The van der Waals surface area contributed by atoms with Gasteiger partial charge in [0.05, 0.1) is 15.5 Å². The first-order chi connectivity index (χ1) is 14.0. The lowest BCUT2D eigenvalue weighted by Gasteiger charge is -1.97. The summed E-state index contributed by atoms with van der Waals surface area (Å²) in [5.74, 6) is 0.824. The normalized spacial score (nSPS) is 16.4. The van der Waals surface area contributed by atoms with Crippen LogP contribution in [0.2, 0.25) is 0 Å². The Kier molecular flexibility index (Phi) is 5.01. The van der Waals surface area contributed by atoms with Gasteiger partial charge >= 0.3 is 0 Å². The van der Waals surface area contributed by atoms with E-state index in [0.29, 0.717) is 27.2 Å². The quantitative estimate of drug-likeness (QED) is 0.372. The minimum atomic E-state index is -0.451. The van der Waals surface area contributed by atoms with Crippen LogP contribution in [0.25, 0.3) is 17.4 Å². The molecule has 4 rings (SSSR count). The molecule has 3 aromatic rings. The zero-order valence-corrected chi connectivity index (χ0v) is 16.1. The number of carbonyl (C=O) groups is 1. The Hall–Kier alpha value is -3.65. The minimum absolute atomic E-state index is 0.0158. The van der Waals surface area contributed by atoms with Crippen LogP contribution in [0.3, 0.4) is 0 Å². The van der Waals surface area contributed by atoms with Crippen molar-refractivity contribution in [1.82, 2.24) is 5.32 Å². The standard InChI is InChI=1S/C21H15N3O4S/c1-13-2-6-15(7-3-13)22-21-23-20(25)19(29-21)12-17-10-11-18(28-17)14-4-8-16(9-5-14)24(26)27/h2-12H,1H3,(H,22,23,25)/b19-12-. The molecule has 1 saturated heterocycles. The van der Waals surface area contributed by atoms with Crippen molar-refractivity contribution in [3.63, 3.8) is 0 Å². The van der Waals surface area contributed by atoms with E-state index < -0.39 is 4.92 Å². The lowest BCUT2D eigenvalue weighted by Crippen LogP contribution is -2.19. The number of furan rings is 1. The fraction of sp³-hybridized carbons (Fsp3) is 0.0476. The van der Waals surface area contributed by atoms with Gasteiger partial charge in [0.15, 0.2) is 5.17 Å². The molecule has 0 spiro atoms. The van der Waals surface area contributed by atoms with Crippen LogP contribution in [-0.4, -0.2) is 16.0 Å². The number of nitrogens with one attached hydrogen (secondary N) is 1. The summed E-state index contributed by atoms with van der Waals surface area (Å²) < 4.78 is 5.77. The van der Waals surface area contributed by atoms with Gasteiger partial charge in [-0.15, -0.1) is 0 Å². The van der Waals surface area contributed by atoms with Crippen molar-refractivity contribution in [1.29, 1.82) is 0 Å². The number of aliphatic imine (C=N–C) groups is 1. The average Bonchev–Trinajstić information content (AvgIpc) is 3.31. The van der Waals surface area contributed by atoms with Gasteiger partial charge in [0.1, 0.15) is 11.5 Å². The molecule has 0 saturated carbocycles. The number of amidine groups is 1. The molecule has 0 aliphatic carbocycles. The zero-order chi connectivity index (χ0) is 20.4. The maximum absolute atomic E-state index is 12.2. The van der Waals surface area contributed by atoms with Crippen LogP contribution in [0.5, 0.6) is 0 Å². The van der Waals surface area contributed by atoms with Crippen molar-refractivity contribution in [2.24, 2.45) is 4.99 Å². The highest BCUT2D eigenvalue weighted by Gasteiger charge is 2.24. The number of non-ortho nitro benzene ring substituents is 1. The van der Waals surface area contributed by atoms with E-state index in [1.807, 2.05) is 31.2 Å². The van der Waals surface area contributed by atoms with E-state index >= 15 is 0 Å². The summed E-state index contributed by atoms with van der Waals surface area (Å²) in [4.78, 5) is 27.4. The second-order valence-electron chi connectivity index (χ2n) is 6.32. The SMILES string of the molecule is Cc1ccc(N=C2NC(=O)/C(=C/c3ccc(-c4ccc([N+](=O)[O-])cc4)o3)S2)cc1. The summed E-state index contributed by atoms with van der Waals surface area (Å²) in [5, 5.41) is 14.0. The van der Waals surface area contributed by atoms with Crippen LogP contribution in [0.4, 0.5) is 11.4 Å². The summed E-state index contributed by atoms with van der Waals surface area (Å²) in [6.45, 7) is 2.00. The summed E-state index contributed by atoms with van der Waals surface area (Å²) >= 11 is 1.24. The molecule has 2 aromatic carbocycles. The van der Waals surface area contributed by atoms with Crippen molar-refractivity contribution in [2.45, 2.75) is 6.92 Å². The molecule has 1 aromatic heterocycles. The molecule has 1 aliphatic heterocycles. The Morgan fingerprint density at radius 1 is 1.07 bits per heavy atom. The number of hydrogen-bond donors (Lipinski definition) is 1. The molecule has 144 valence electrons. The van der Waals surface area contributed by atoms with Crippen molar-refractivity contribution >= 4 is 40.3 Å². The fourth-order valence-electron chi connectivity index (χ4n) is 2.68. The Bertz CT molecular complexity index is 1150. The third-order valence-corrected chi connectivity index (χ3v) is 5.09. The maximum Gasteiger partial charge on any atom is 0.269 e. The second-order valence-corrected chi connectivity index (χ2v) is 7.35. The topological polar surface area (TPSA) is 97.7 Å². The first-order valence-electron chi connectivity index (χ1n) is 8.69. The van der Waals surface area contributed by atoms with Crippen LogP contribution in [0, 0.1) is 17.0 Å². The van der Waals surface area contributed by atoms with Crippen molar-refractivity contribution < 1.29 is 14.1 Å². The number of thioether (sulfide) groups is 1. The van der Waals surface area contributed by atoms with Crippen molar-refractivity contribution in [2.75, 3.05) is 0 Å². The highest BCUT2D eigenvalue weighted by molar-refractivity contribution is 8.18. The van der Waals surface area contributed by atoms with Gasteiger partial charge in [-0.25, -0.2) is 4.99 Å². The number of aryl methyl sites for hydroxylation is 1. The number of nitro benzene ring substituents is 1. The molecule has 1 aliphatic rings. The molecule has 0 unspecified atom stereocenters. The van der Waals surface area contributed by atoms with Gasteiger partial charge in [0.25, 0.3) is 11.6 Å². The molecule has 29 heavy (non-hydrogen) atoms. The van der Waals surface area contributed by atoms with Crippen LogP contribution in [0.15, 0.2) is 75.0 Å². The van der Waals surface area contributed by atoms with Crippen molar-refractivity contribution in [3.05, 3.63) is 87.0 Å². The van der Waals surface area contributed by atoms with Gasteiger partial charge in [-0.3, -0.25) is 14.9 Å². The third kappa shape index (κ3) is 4.27. The van der Waals surface area contributed by atoms with E-state index in [4.69, 9.17) is 4.42 Å². The fourth-order valence-corrected chi connectivity index (χ4v) is 3.50. The number of amides is 1. The summed E-state index contributed by atoms with van der Waals surface area (Å²) in [7, 11) is 0. The van der Waals surface area contributed by atoms with Gasteiger partial charge in [-0.1, -0.05) is 17.7 Å². The van der Waals surface area contributed by atoms with E-state index in [1.165, 1.54) is 23.9 Å².